The number of sulfonamides is 1. The molecule has 0 bridgehead atoms. The second kappa shape index (κ2) is 5.54. The molecule has 1 N–H and O–H groups in total. The normalized spacial score (nSPS) is 13.4. The summed E-state index contributed by atoms with van der Waals surface area (Å²) in [5.74, 6) is 0. The molecule has 8 heteroatoms. The molecule has 0 aliphatic rings. The van der Waals surface area contributed by atoms with Gasteiger partial charge in [0.15, 0.2) is 0 Å². The van der Waals surface area contributed by atoms with Gasteiger partial charge >= 0.3 is 0 Å². The van der Waals surface area contributed by atoms with Crippen LogP contribution in [0.15, 0.2) is 29.6 Å². The molecular formula is C11H12ClN3O2S2. The van der Waals surface area contributed by atoms with Crippen molar-refractivity contribution in [3.05, 3.63) is 39.6 Å². The number of nitrogens with zero attached hydrogens (tertiary/aromatic N) is 2. The number of thiazole rings is 1. The minimum absolute atomic E-state index is 0.0307. The van der Waals surface area contributed by atoms with E-state index in [4.69, 9.17) is 11.6 Å². The highest BCUT2D eigenvalue weighted by atomic mass is 35.5. The standard InChI is InChI=1S/C11H12ClN3O2S2/c1-7-5-14-11(18-7)8(2)15-19(16,17)10-6-13-4-3-9(10)12/h3-6,8,15H,1-2H3. The van der Waals surface area contributed by atoms with E-state index >= 15 is 0 Å². The van der Waals surface area contributed by atoms with Crippen LogP contribution in [-0.2, 0) is 10.0 Å². The highest BCUT2D eigenvalue weighted by molar-refractivity contribution is 7.89. The third-order valence-corrected chi connectivity index (χ3v) is 5.47. The predicted molar refractivity (Wildman–Crippen MR) is 74.8 cm³/mol. The molecule has 2 aromatic heterocycles. The zero-order valence-electron chi connectivity index (χ0n) is 10.3. The molecule has 0 aromatic carbocycles. The maximum Gasteiger partial charge on any atom is 0.244 e. The Morgan fingerprint density at radius 3 is 2.74 bits per heavy atom. The summed E-state index contributed by atoms with van der Waals surface area (Å²) in [6.45, 7) is 3.65. The summed E-state index contributed by atoms with van der Waals surface area (Å²) >= 11 is 7.32. The molecule has 1 atom stereocenters. The molecule has 0 amide bonds. The lowest BCUT2D eigenvalue weighted by atomic mass is 10.4. The van der Waals surface area contributed by atoms with Crippen LogP contribution in [0, 0.1) is 6.92 Å². The van der Waals surface area contributed by atoms with Crippen molar-refractivity contribution in [2.24, 2.45) is 0 Å². The molecule has 1 unspecified atom stereocenters. The van der Waals surface area contributed by atoms with Gasteiger partial charge in [0.1, 0.15) is 9.90 Å². The van der Waals surface area contributed by atoms with Crippen LogP contribution in [-0.4, -0.2) is 18.4 Å². The predicted octanol–water partition coefficient (Wildman–Crippen LogP) is 2.54. The zero-order chi connectivity index (χ0) is 14.0. The van der Waals surface area contributed by atoms with Crippen LogP contribution in [0.1, 0.15) is 22.9 Å². The summed E-state index contributed by atoms with van der Waals surface area (Å²) < 4.78 is 26.9. The summed E-state index contributed by atoms with van der Waals surface area (Å²) in [7, 11) is -3.71. The number of aromatic nitrogens is 2. The molecule has 0 aliphatic heterocycles. The van der Waals surface area contributed by atoms with Crippen LogP contribution in [0.2, 0.25) is 5.02 Å². The van der Waals surface area contributed by atoms with Crippen molar-refractivity contribution < 1.29 is 8.42 Å². The fourth-order valence-electron chi connectivity index (χ4n) is 1.48. The van der Waals surface area contributed by atoms with Crippen LogP contribution in [0.25, 0.3) is 0 Å². The van der Waals surface area contributed by atoms with Crippen LogP contribution in [0.5, 0.6) is 0 Å². The van der Waals surface area contributed by atoms with Gasteiger partial charge in [0.05, 0.1) is 11.1 Å². The second-order valence-electron chi connectivity index (χ2n) is 3.96. The average molecular weight is 318 g/mol. The van der Waals surface area contributed by atoms with Crippen LogP contribution < -0.4 is 4.72 Å². The number of hydrogen-bond acceptors (Lipinski definition) is 5. The molecule has 0 saturated heterocycles. The highest BCUT2D eigenvalue weighted by Crippen LogP contribution is 2.24. The Bertz CT molecular complexity index is 685. The Kier molecular flexibility index (Phi) is 4.19. The lowest BCUT2D eigenvalue weighted by molar-refractivity contribution is 0.566. The van der Waals surface area contributed by atoms with Gasteiger partial charge in [0.2, 0.25) is 10.0 Å². The molecule has 0 spiro atoms. The summed E-state index contributed by atoms with van der Waals surface area (Å²) in [5, 5.41) is 0.853. The summed E-state index contributed by atoms with van der Waals surface area (Å²) in [5.41, 5.74) is 0. The topological polar surface area (TPSA) is 72.0 Å². The lowest BCUT2D eigenvalue weighted by Gasteiger charge is -2.12. The average Bonchev–Trinajstić information content (AvgIpc) is 2.76. The minimum atomic E-state index is -3.71. The SMILES string of the molecule is Cc1cnc(C(C)NS(=O)(=O)c2cnccc2Cl)s1. The number of halogens is 1. The van der Waals surface area contributed by atoms with Gasteiger partial charge < -0.3 is 0 Å². The van der Waals surface area contributed by atoms with E-state index in [1.54, 1.807) is 13.1 Å². The van der Waals surface area contributed by atoms with Crippen molar-refractivity contribution >= 4 is 33.0 Å². The van der Waals surface area contributed by atoms with Crippen molar-refractivity contribution in [3.8, 4) is 0 Å². The zero-order valence-corrected chi connectivity index (χ0v) is 12.7. The first-order chi connectivity index (χ1) is 8.90. The third kappa shape index (κ3) is 3.30. The van der Waals surface area contributed by atoms with Gasteiger partial charge in [-0.25, -0.2) is 18.1 Å². The molecular weight excluding hydrogens is 306 g/mol. The first-order valence-corrected chi connectivity index (χ1v) is 8.12. The van der Waals surface area contributed by atoms with Gasteiger partial charge in [0, 0.05) is 23.5 Å². The van der Waals surface area contributed by atoms with Crippen molar-refractivity contribution in [1.29, 1.82) is 0 Å². The first-order valence-electron chi connectivity index (χ1n) is 5.44. The highest BCUT2D eigenvalue weighted by Gasteiger charge is 2.22. The number of hydrogen-bond donors (Lipinski definition) is 1. The van der Waals surface area contributed by atoms with Gasteiger partial charge in [-0.3, -0.25) is 4.98 Å². The Morgan fingerprint density at radius 1 is 1.42 bits per heavy atom. The number of aryl methyl sites for hydroxylation is 1. The largest absolute Gasteiger partial charge is 0.263 e. The van der Waals surface area contributed by atoms with Gasteiger partial charge in [0.25, 0.3) is 0 Å². The first kappa shape index (κ1) is 14.4. The summed E-state index contributed by atoms with van der Waals surface area (Å²) in [4.78, 5) is 8.94. The Balaban J connectivity index is 2.25. The van der Waals surface area contributed by atoms with E-state index in [-0.39, 0.29) is 9.92 Å². The van der Waals surface area contributed by atoms with Crippen molar-refractivity contribution in [3.63, 3.8) is 0 Å². The van der Waals surface area contributed by atoms with Crippen molar-refractivity contribution in [2.75, 3.05) is 0 Å². The molecule has 0 saturated carbocycles. The summed E-state index contributed by atoms with van der Waals surface area (Å²) in [6, 6.07) is 1.02. The van der Waals surface area contributed by atoms with E-state index in [9.17, 15) is 8.42 Å². The number of rotatable bonds is 4. The molecule has 19 heavy (non-hydrogen) atoms. The van der Waals surface area contributed by atoms with E-state index in [1.165, 1.54) is 29.8 Å². The van der Waals surface area contributed by atoms with Crippen LogP contribution in [0.3, 0.4) is 0 Å². The maximum absolute atomic E-state index is 12.2. The van der Waals surface area contributed by atoms with E-state index in [2.05, 4.69) is 14.7 Å². The molecule has 2 rings (SSSR count). The van der Waals surface area contributed by atoms with Gasteiger partial charge in [-0.15, -0.1) is 11.3 Å². The number of pyridine rings is 1. The van der Waals surface area contributed by atoms with Crippen LogP contribution in [0.4, 0.5) is 0 Å². The Labute approximate surface area is 120 Å². The Morgan fingerprint density at radius 2 is 2.16 bits per heavy atom. The molecule has 0 radical (unpaired) electrons. The van der Waals surface area contributed by atoms with E-state index in [0.29, 0.717) is 5.01 Å². The maximum atomic E-state index is 12.2. The van der Waals surface area contributed by atoms with E-state index < -0.39 is 16.1 Å². The quantitative estimate of drug-likeness (QED) is 0.940. The molecule has 5 nitrogen and oxygen atoms in total. The molecule has 2 heterocycles. The minimum Gasteiger partial charge on any atom is -0.263 e. The Hall–Kier alpha value is -1.02. The van der Waals surface area contributed by atoms with Gasteiger partial charge in [-0.1, -0.05) is 11.6 Å². The molecule has 0 fully saturated rings. The number of nitrogens with one attached hydrogen (secondary N) is 1. The van der Waals surface area contributed by atoms with E-state index in [1.807, 2.05) is 6.92 Å². The fraction of sp³-hybridized carbons (Fsp3) is 0.273. The second-order valence-corrected chi connectivity index (χ2v) is 7.31. The monoisotopic (exact) mass is 317 g/mol. The molecule has 0 aliphatic carbocycles. The fourth-order valence-corrected chi connectivity index (χ4v) is 3.97. The molecule has 2 aromatic rings. The smallest absolute Gasteiger partial charge is 0.244 e. The van der Waals surface area contributed by atoms with E-state index in [0.717, 1.165) is 4.88 Å². The van der Waals surface area contributed by atoms with Crippen LogP contribution >= 0.6 is 22.9 Å². The molecule has 102 valence electrons. The van der Waals surface area contributed by atoms with Gasteiger partial charge in [-0.2, -0.15) is 0 Å². The lowest BCUT2D eigenvalue weighted by Crippen LogP contribution is -2.27. The van der Waals surface area contributed by atoms with Crippen molar-refractivity contribution in [1.82, 2.24) is 14.7 Å². The van der Waals surface area contributed by atoms with Crippen molar-refractivity contribution in [2.45, 2.75) is 24.8 Å². The summed E-state index contributed by atoms with van der Waals surface area (Å²) in [6.07, 6.45) is 4.38. The van der Waals surface area contributed by atoms with Gasteiger partial charge in [-0.05, 0) is 19.9 Å². The third-order valence-electron chi connectivity index (χ3n) is 2.37.